The van der Waals surface area contributed by atoms with Crippen molar-refractivity contribution in [2.24, 2.45) is 0 Å². The van der Waals surface area contributed by atoms with Gasteiger partial charge in [0.1, 0.15) is 0 Å². The van der Waals surface area contributed by atoms with E-state index < -0.39 is 5.97 Å². The number of anilines is 1. The molecule has 0 spiro atoms. The maximum absolute atomic E-state index is 12.4. The lowest BCUT2D eigenvalue weighted by Crippen LogP contribution is -2.19. The molecule has 1 aromatic heterocycles. The van der Waals surface area contributed by atoms with E-state index in [0.29, 0.717) is 18.9 Å². The highest BCUT2D eigenvalue weighted by Gasteiger charge is 2.29. The molecule has 0 radical (unpaired) electrons. The second-order valence-corrected chi connectivity index (χ2v) is 8.13. The van der Waals surface area contributed by atoms with Crippen LogP contribution < -0.4 is 5.32 Å². The van der Waals surface area contributed by atoms with E-state index in [1.54, 1.807) is 12.1 Å². The van der Waals surface area contributed by atoms with Gasteiger partial charge < -0.3 is 15.0 Å². The zero-order chi connectivity index (χ0) is 20.0. The molecule has 1 saturated carbocycles. The molecule has 2 N–H and O–H groups in total. The Balaban J connectivity index is 1.85. The van der Waals surface area contributed by atoms with Crippen molar-refractivity contribution in [3.8, 4) is 11.3 Å². The van der Waals surface area contributed by atoms with Crippen LogP contribution in [-0.4, -0.2) is 21.6 Å². The third kappa shape index (κ3) is 3.01. The van der Waals surface area contributed by atoms with Gasteiger partial charge in [-0.2, -0.15) is 0 Å². The molecule has 148 valence electrons. The van der Waals surface area contributed by atoms with Crippen molar-refractivity contribution in [3.63, 3.8) is 0 Å². The molecular weight excluding hydrogens is 364 g/mol. The fourth-order valence-corrected chi connectivity index (χ4v) is 5.06. The van der Waals surface area contributed by atoms with Crippen molar-refractivity contribution in [2.45, 2.75) is 51.0 Å². The molecule has 1 amide bonds. The van der Waals surface area contributed by atoms with E-state index in [4.69, 9.17) is 0 Å². The smallest absolute Gasteiger partial charge is 0.335 e. The predicted octanol–water partition coefficient (Wildman–Crippen LogP) is 5.40. The Bertz CT molecular complexity index is 1120. The number of carboxylic acids is 1. The Morgan fingerprint density at radius 3 is 2.66 bits per heavy atom. The summed E-state index contributed by atoms with van der Waals surface area (Å²) in [6.07, 6.45) is 6.40. The maximum Gasteiger partial charge on any atom is 0.335 e. The van der Waals surface area contributed by atoms with Crippen LogP contribution in [0.2, 0.25) is 0 Å². The predicted molar refractivity (Wildman–Crippen MR) is 113 cm³/mol. The van der Waals surface area contributed by atoms with Gasteiger partial charge in [-0.1, -0.05) is 43.5 Å². The van der Waals surface area contributed by atoms with Crippen LogP contribution in [0.15, 0.2) is 42.5 Å². The first-order chi connectivity index (χ1) is 14.1. The molecule has 5 heteroatoms. The van der Waals surface area contributed by atoms with Gasteiger partial charge in [0.15, 0.2) is 0 Å². The van der Waals surface area contributed by atoms with Gasteiger partial charge >= 0.3 is 5.97 Å². The molecule has 3 aromatic rings. The molecule has 0 saturated heterocycles. The highest BCUT2D eigenvalue weighted by molar-refractivity contribution is 6.02. The van der Waals surface area contributed by atoms with Gasteiger partial charge in [-0.05, 0) is 42.5 Å². The van der Waals surface area contributed by atoms with Crippen molar-refractivity contribution in [3.05, 3.63) is 53.6 Å². The minimum absolute atomic E-state index is 0.0152. The Hall–Kier alpha value is -3.08. The number of hydrogen-bond donors (Lipinski definition) is 2. The standard InChI is InChI=1S/C24H24N2O3/c27-21-12-13-26-20-14-16(24(28)29)10-11-18(20)22(15-6-2-1-3-7-15)23(26)17-8-4-5-9-19(17)25-21/h4-5,8-11,14-15H,1-3,6-7,12-13H2,(H,25,27)(H,28,29). The van der Waals surface area contributed by atoms with Crippen LogP contribution in [-0.2, 0) is 11.3 Å². The van der Waals surface area contributed by atoms with E-state index >= 15 is 0 Å². The molecule has 1 aliphatic heterocycles. The average molecular weight is 388 g/mol. The number of para-hydroxylation sites is 1. The zero-order valence-corrected chi connectivity index (χ0v) is 16.3. The number of aryl methyl sites for hydroxylation is 1. The minimum Gasteiger partial charge on any atom is -0.478 e. The SMILES string of the molecule is O=C1CCn2c(c(C3CCCCC3)c3ccc(C(=O)O)cc32)-c2ccccc2N1. The van der Waals surface area contributed by atoms with E-state index in [1.165, 1.54) is 24.8 Å². The lowest BCUT2D eigenvalue weighted by Gasteiger charge is -2.25. The summed E-state index contributed by atoms with van der Waals surface area (Å²) in [7, 11) is 0. The highest BCUT2D eigenvalue weighted by Crippen LogP contribution is 2.46. The monoisotopic (exact) mass is 388 g/mol. The first kappa shape index (κ1) is 18.0. The number of nitrogens with one attached hydrogen (secondary N) is 1. The quantitative estimate of drug-likeness (QED) is 0.618. The van der Waals surface area contributed by atoms with E-state index in [-0.39, 0.29) is 11.5 Å². The van der Waals surface area contributed by atoms with Gasteiger partial charge in [0.2, 0.25) is 5.91 Å². The van der Waals surface area contributed by atoms with Gasteiger partial charge in [0.05, 0.1) is 16.9 Å². The summed E-state index contributed by atoms with van der Waals surface area (Å²) in [6.45, 7) is 0.543. The number of amides is 1. The first-order valence-electron chi connectivity index (χ1n) is 10.4. The fraction of sp³-hybridized carbons (Fsp3) is 0.333. The second kappa shape index (κ2) is 7.07. The summed E-state index contributed by atoms with van der Waals surface area (Å²) in [5.74, 6) is -0.481. The first-order valence-corrected chi connectivity index (χ1v) is 10.4. The molecule has 2 heterocycles. The van der Waals surface area contributed by atoms with Gasteiger partial charge in [0, 0.05) is 29.4 Å². The summed E-state index contributed by atoms with van der Waals surface area (Å²) >= 11 is 0. The molecule has 2 aromatic carbocycles. The van der Waals surface area contributed by atoms with Crippen molar-refractivity contribution in [2.75, 3.05) is 5.32 Å². The molecule has 1 aliphatic carbocycles. The number of rotatable bonds is 2. The molecule has 1 fully saturated rings. The molecule has 0 unspecified atom stereocenters. The molecular formula is C24H24N2O3. The van der Waals surface area contributed by atoms with E-state index in [2.05, 4.69) is 16.0 Å². The number of nitrogens with zero attached hydrogens (tertiary/aromatic N) is 1. The Labute approximate surface area is 169 Å². The summed E-state index contributed by atoms with van der Waals surface area (Å²) < 4.78 is 2.18. The van der Waals surface area contributed by atoms with Crippen molar-refractivity contribution >= 4 is 28.5 Å². The molecule has 2 aliphatic rings. The minimum atomic E-state index is -0.925. The number of aromatic carboxylic acids is 1. The molecule has 0 bridgehead atoms. The second-order valence-electron chi connectivity index (χ2n) is 8.13. The van der Waals surface area contributed by atoms with Crippen LogP contribution in [0.3, 0.4) is 0 Å². The Morgan fingerprint density at radius 2 is 1.86 bits per heavy atom. The Morgan fingerprint density at radius 1 is 1.07 bits per heavy atom. The van der Waals surface area contributed by atoms with Gasteiger partial charge in [-0.3, -0.25) is 4.79 Å². The summed E-state index contributed by atoms with van der Waals surface area (Å²) in [5.41, 5.74) is 5.52. The average Bonchev–Trinajstić information content (AvgIpc) is 3.05. The lowest BCUT2D eigenvalue weighted by molar-refractivity contribution is -0.116. The molecule has 5 rings (SSSR count). The van der Waals surface area contributed by atoms with Crippen LogP contribution in [0, 0.1) is 0 Å². The fourth-order valence-electron chi connectivity index (χ4n) is 5.06. The van der Waals surface area contributed by atoms with Crippen molar-refractivity contribution in [1.82, 2.24) is 4.57 Å². The lowest BCUT2D eigenvalue weighted by atomic mass is 9.81. The van der Waals surface area contributed by atoms with Crippen LogP contribution in [0.1, 0.15) is 60.4 Å². The highest BCUT2D eigenvalue weighted by atomic mass is 16.4. The number of aromatic nitrogens is 1. The van der Waals surface area contributed by atoms with Crippen molar-refractivity contribution in [1.29, 1.82) is 0 Å². The topological polar surface area (TPSA) is 71.3 Å². The largest absolute Gasteiger partial charge is 0.478 e. The Kier molecular flexibility index (Phi) is 4.38. The van der Waals surface area contributed by atoms with Crippen LogP contribution in [0.5, 0.6) is 0 Å². The number of fused-ring (bicyclic) bond motifs is 5. The van der Waals surface area contributed by atoms with E-state index in [1.807, 2.05) is 24.3 Å². The summed E-state index contributed by atoms with van der Waals surface area (Å²) in [6, 6.07) is 13.4. The van der Waals surface area contributed by atoms with Gasteiger partial charge in [0.25, 0.3) is 0 Å². The van der Waals surface area contributed by atoms with Gasteiger partial charge in [-0.15, -0.1) is 0 Å². The normalized spacial score (nSPS) is 17.2. The maximum atomic E-state index is 12.4. The van der Waals surface area contributed by atoms with Crippen LogP contribution >= 0.6 is 0 Å². The van der Waals surface area contributed by atoms with Crippen LogP contribution in [0.4, 0.5) is 5.69 Å². The van der Waals surface area contributed by atoms with Crippen molar-refractivity contribution < 1.29 is 14.7 Å². The summed E-state index contributed by atoms with van der Waals surface area (Å²) in [4.78, 5) is 24.0. The zero-order valence-electron chi connectivity index (χ0n) is 16.3. The molecule has 0 atom stereocenters. The number of benzene rings is 2. The van der Waals surface area contributed by atoms with E-state index in [0.717, 1.165) is 40.7 Å². The van der Waals surface area contributed by atoms with Crippen LogP contribution in [0.25, 0.3) is 22.2 Å². The number of carbonyl (C=O) groups excluding carboxylic acids is 1. The number of hydrogen-bond acceptors (Lipinski definition) is 2. The molecule has 29 heavy (non-hydrogen) atoms. The van der Waals surface area contributed by atoms with E-state index in [9.17, 15) is 14.7 Å². The number of carbonyl (C=O) groups is 2. The number of carboxylic acid groups (broad SMARTS) is 1. The third-order valence-electron chi connectivity index (χ3n) is 6.38. The third-order valence-corrected chi connectivity index (χ3v) is 6.38. The van der Waals surface area contributed by atoms with Gasteiger partial charge in [-0.25, -0.2) is 4.79 Å². The molecule has 5 nitrogen and oxygen atoms in total. The summed E-state index contributed by atoms with van der Waals surface area (Å²) in [5, 5.41) is 13.7.